The standard InChI is InChI=1S/C19H26N4O3S/c1-16-5-4-8-21(14-16)15-19(24)22-9-11-23(12-10-22)27(25,26)18-7-3-2-6-17(18)13-20/h2-3,6-7,16H,4-5,8-12,14-15H2,1H3/t16-/m0/s1. The van der Waals surface area contributed by atoms with Crippen LogP contribution in [0.15, 0.2) is 29.2 Å². The van der Waals surface area contributed by atoms with Crippen LogP contribution in [0.5, 0.6) is 0 Å². The maximum absolute atomic E-state index is 12.9. The van der Waals surface area contributed by atoms with Gasteiger partial charge < -0.3 is 4.90 Å². The zero-order valence-corrected chi connectivity index (χ0v) is 16.5. The molecule has 2 saturated heterocycles. The summed E-state index contributed by atoms with van der Waals surface area (Å²) in [5.41, 5.74) is 0.148. The van der Waals surface area contributed by atoms with Gasteiger partial charge in [0.2, 0.25) is 15.9 Å². The number of piperazine rings is 1. The topological polar surface area (TPSA) is 84.7 Å². The van der Waals surface area contributed by atoms with Crippen LogP contribution in [0.25, 0.3) is 0 Å². The van der Waals surface area contributed by atoms with Gasteiger partial charge in [-0.05, 0) is 37.4 Å². The molecular weight excluding hydrogens is 364 g/mol. The number of benzene rings is 1. The predicted molar refractivity (Wildman–Crippen MR) is 101 cm³/mol. The van der Waals surface area contributed by atoms with Gasteiger partial charge >= 0.3 is 0 Å². The molecule has 1 aromatic rings. The molecular formula is C19H26N4O3S. The third-order valence-electron chi connectivity index (χ3n) is 5.32. The molecule has 8 heteroatoms. The smallest absolute Gasteiger partial charge is 0.244 e. The lowest BCUT2D eigenvalue weighted by molar-refractivity contribution is -0.134. The lowest BCUT2D eigenvalue weighted by Gasteiger charge is -2.36. The molecule has 0 radical (unpaired) electrons. The molecule has 0 aliphatic carbocycles. The van der Waals surface area contributed by atoms with E-state index in [4.69, 9.17) is 0 Å². The number of carbonyl (C=O) groups is 1. The zero-order chi connectivity index (χ0) is 19.4. The van der Waals surface area contributed by atoms with Crippen molar-refractivity contribution in [1.29, 1.82) is 5.26 Å². The average Bonchev–Trinajstić information content (AvgIpc) is 2.68. The van der Waals surface area contributed by atoms with Crippen molar-refractivity contribution in [2.24, 2.45) is 5.92 Å². The normalized spacial score (nSPS) is 22.4. The van der Waals surface area contributed by atoms with E-state index in [0.29, 0.717) is 25.6 Å². The fourth-order valence-corrected chi connectivity index (χ4v) is 5.39. The minimum absolute atomic E-state index is 0.0366. The van der Waals surface area contributed by atoms with E-state index >= 15 is 0 Å². The number of hydrogen-bond acceptors (Lipinski definition) is 5. The van der Waals surface area contributed by atoms with Gasteiger partial charge in [-0.2, -0.15) is 9.57 Å². The monoisotopic (exact) mass is 390 g/mol. The van der Waals surface area contributed by atoms with E-state index in [0.717, 1.165) is 19.5 Å². The molecule has 2 heterocycles. The number of nitriles is 1. The fraction of sp³-hybridized carbons (Fsp3) is 0.579. The molecule has 0 spiro atoms. The number of carbonyl (C=O) groups excluding carboxylic acids is 1. The maximum Gasteiger partial charge on any atom is 0.244 e. The first-order valence-corrected chi connectivity index (χ1v) is 10.8. The van der Waals surface area contributed by atoms with E-state index in [9.17, 15) is 18.5 Å². The van der Waals surface area contributed by atoms with Crippen LogP contribution in [-0.2, 0) is 14.8 Å². The molecule has 3 rings (SSSR count). The summed E-state index contributed by atoms with van der Waals surface area (Å²) in [4.78, 5) is 16.6. The molecule has 0 N–H and O–H groups in total. The summed E-state index contributed by atoms with van der Waals surface area (Å²) in [6.45, 7) is 5.80. The Labute approximate surface area is 161 Å². The number of sulfonamides is 1. The molecule has 7 nitrogen and oxygen atoms in total. The average molecular weight is 391 g/mol. The first kappa shape index (κ1) is 19.8. The summed E-state index contributed by atoms with van der Waals surface area (Å²) in [6.07, 6.45) is 2.34. The van der Waals surface area contributed by atoms with E-state index in [1.807, 2.05) is 6.07 Å². The summed E-state index contributed by atoms with van der Waals surface area (Å²) in [7, 11) is -3.73. The van der Waals surface area contributed by atoms with Crippen LogP contribution in [0.2, 0.25) is 0 Å². The second kappa shape index (κ2) is 8.38. The highest BCUT2D eigenvalue weighted by atomic mass is 32.2. The lowest BCUT2D eigenvalue weighted by Crippen LogP contribution is -2.53. The van der Waals surface area contributed by atoms with E-state index in [2.05, 4.69) is 11.8 Å². The number of amides is 1. The predicted octanol–water partition coefficient (Wildman–Crippen LogP) is 1.12. The minimum Gasteiger partial charge on any atom is -0.339 e. The Morgan fingerprint density at radius 2 is 1.89 bits per heavy atom. The molecule has 0 aromatic heterocycles. The van der Waals surface area contributed by atoms with Crippen LogP contribution in [0, 0.1) is 17.2 Å². The summed E-state index contributed by atoms with van der Waals surface area (Å²) < 4.78 is 27.1. The molecule has 0 saturated carbocycles. The van der Waals surface area contributed by atoms with Gasteiger partial charge in [0, 0.05) is 32.7 Å². The Hall–Kier alpha value is -1.95. The van der Waals surface area contributed by atoms with Gasteiger partial charge in [0.15, 0.2) is 0 Å². The molecule has 27 heavy (non-hydrogen) atoms. The van der Waals surface area contributed by atoms with Crippen molar-refractivity contribution in [3.8, 4) is 6.07 Å². The van der Waals surface area contributed by atoms with Crippen LogP contribution < -0.4 is 0 Å². The molecule has 2 fully saturated rings. The summed E-state index contributed by atoms with van der Waals surface area (Å²) in [5, 5.41) is 9.18. The highest BCUT2D eigenvalue weighted by Crippen LogP contribution is 2.21. The van der Waals surface area contributed by atoms with Gasteiger partial charge in [0.05, 0.1) is 17.0 Å². The van der Waals surface area contributed by atoms with Crippen molar-refractivity contribution in [3.63, 3.8) is 0 Å². The Bertz CT molecular complexity index is 826. The Kier molecular flexibility index (Phi) is 6.15. The molecule has 1 aromatic carbocycles. The molecule has 0 bridgehead atoms. The van der Waals surface area contributed by atoms with Crippen molar-refractivity contribution in [1.82, 2.24) is 14.1 Å². The second-order valence-corrected chi connectivity index (χ2v) is 9.28. The summed E-state index contributed by atoms with van der Waals surface area (Å²) in [6, 6.07) is 8.17. The number of piperidine rings is 1. The van der Waals surface area contributed by atoms with Gasteiger partial charge in [-0.3, -0.25) is 9.69 Å². The van der Waals surface area contributed by atoms with Crippen molar-refractivity contribution < 1.29 is 13.2 Å². The SMILES string of the molecule is C[C@H]1CCCN(CC(=O)N2CCN(S(=O)(=O)c3ccccc3C#N)CC2)C1. The van der Waals surface area contributed by atoms with E-state index < -0.39 is 10.0 Å². The van der Waals surface area contributed by atoms with Crippen molar-refractivity contribution in [2.45, 2.75) is 24.7 Å². The van der Waals surface area contributed by atoms with Gasteiger partial charge in [-0.1, -0.05) is 19.1 Å². The summed E-state index contributed by atoms with van der Waals surface area (Å²) in [5.74, 6) is 0.687. The van der Waals surface area contributed by atoms with E-state index in [1.54, 1.807) is 17.0 Å². The molecule has 2 aliphatic heterocycles. The van der Waals surface area contributed by atoms with E-state index in [1.165, 1.54) is 22.9 Å². The number of rotatable bonds is 4. The minimum atomic E-state index is -3.73. The van der Waals surface area contributed by atoms with Crippen LogP contribution >= 0.6 is 0 Å². The first-order chi connectivity index (χ1) is 12.9. The van der Waals surface area contributed by atoms with Crippen molar-refractivity contribution >= 4 is 15.9 Å². The lowest BCUT2D eigenvalue weighted by atomic mass is 10.0. The highest BCUT2D eigenvalue weighted by molar-refractivity contribution is 7.89. The van der Waals surface area contributed by atoms with Crippen LogP contribution in [-0.4, -0.2) is 74.2 Å². The molecule has 1 amide bonds. The summed E-state index contributed by atoms with van der Waals surface area (Å²) >= 11 is 0. The van der Waals surface area contributed by atoms with Crippen molar-refractivity contribution in [3.05, 3.63) is 29.8 Å². The van der Waals surface area contributed by atoms with Crippen LogP contribution in [0.4, 0.5) is 0 Å². The van der Waals surface area contributed by atoms with E-state index in [-0.39, 0.29) is 29.5 Å². The van der Waals surface area contributed by atoms with Crippen molar-refractivity contribution in [2.75, 3.05) is 45.8 Å². The van der Waals surface area contributed by atoms with Gasteiger partial charge in [0.1, 0.15) is 6.07 Å². The fourth-order valence-electron chi connectivity index (χ4n) is 3.82. The second-order valence-electron chi connectivity index (χ2n) is 7.38. The molecule has 146 valence electrons. The number of likely N-dealkylation sites (tertiary alicyclic amines) is 1. The Morgan fingerprint density at radius 1 is 1.19 bits per heavy atom. The molecule has 0 unspecified atom stereocenters. The van der Waals surface area contributed by atoms with Crippen LogP contribution in [0.1, 0.15) is 25.3 Å². The number of hydrogen-bond donors (Lipinski definition) is 0. The quantitative estimate of drug-likeness (QED) is 0.769. The van der Waals surface area contributed by atoms with Gasteiger partial charge in [-0.15, -0.1) is 0 Å². The maximum atomic E-state index is 12.9. The zero-order valence-electron chi connectivity index (χ0n) is 15.7. The molecule has 1 atom stereocenters. The van der Waals surface area contributed by atoms with Gasteiger partial charge in [-0.25, -0.2) is 8.42 Å². The van der Waals surface area contributed by atoms with Crippen LogP contribution in [0.3, 0.4) is 0 Å². The first-order valence-electron chi connectivity index (χ1n) is 9.41. The third-order valence-corrected chi connectivity index (χ3v) is 7.27. The Balaban J connectivity index is 1.60. The number of nitrogens with zero attached hydrogens (tertiary/aromatic N) is 4. The largest absolute Gasteiger partial charge is 0.339 e. The highest BCUT2D eigenvalue weighted by Gasteiger charge is 2.32. The Morgan fingerprint density at radius 3 is 2.56 bits per heavy atom. The third kappa shape index (κ3) is 4.49. The molecule has 2 aliphatic rings. The van der Waals surface area contributed by atoms with Gasteiger partial charge in [0.25, 0.3) is 0 Å².